The predicted molar refractivity (Wildman–Crippen MR) is 118 cm³/mol. The summed E-state index contributed by atoms with van der Waals surface area (Å²) in [5.41, 5.74) is 4.30. The van der Waals surface area contributed by atoms with Crippen LogP contribution in [0.15, 0.2) is 53.1 Å². The average Bonchev–Trinajstić information content (AvgIpc) is 3.16. The number of carbonyl (C=O) groups is 2. The van der Waals surface area contributed by atoms with E-state index >= 15 is 0 Å². The summed E-state index contributed by atoms with van der Waals surface area (Å²) >= 11 is 0. The SMILES string of the molecule is Cc1ccc2c(CC(=O)OC(C)C(=O)Nc3ccc(N4CCOCC4)cc3)coc2c1. The van der Waals surface area contributed by atoms with E-state index in [-0.39, 0.29) is 12.3 Å². The van der Waals surface area contributed by atoms with Crippen LogP contribution in [0, 0.1) is 6.92 Å². The van der Waals surface area contributed by atoms with Crippen LogP contribution in [0.1, 0.15) is 18.1 Å². The summed E-state index contributed by atoms with van der Waals surface area (Å²) in [4.78, 5) is 27.0. The maximum atomic E-state index is 12.5. The number of ether oxygens (including phenoxy) is 2. The summed E-state index contributed by atoms with van der Waals surface area (Å²) in [5, 5.41) is 3.67. The Morgan fingerprint density at radius 1 is 1.13 bits per heavy atom. The third kappa shape index (κ3) is 5.06. The molecule has 1 aliphatic rings. The molecule has 1 aliphatic heterocycles. The van der Waals surface area contributed by atoms with Crippen LogP contribution in [0.5, 0.6) is 0 Å². The highest BCUT2D eigenvalue weighted by atomic mass is 16.5. The van der Waals surface area contributed by atoms with E-state index in [9.17, 15) is 9.59 Å². The average molecular weight is 422 g/mol. The van der Waals surface area contributed by atoms with Gasteiger partial charge in [0.05, 0.1) is 25.9 Å². The van der Waals surface area contributed by atoms with Crippen LogP contribution in [-0.4, -0.2) is 44.3 Å². The highest BCUT2D eigenvalue weighted by Gasteiger charge is 2.20. The molecule has 7 heteroatoms. The molecule has 1 unspecified atom stereocenters. The van der Waals surface area contributed by atoms with E-state index in [1.165, 1.54) is 0 Å². The van der Waals surface area contributed by atoms with Gasteiger partial charge in [0.25, 0.3) is 5.91 Å². The van der Waals surface area contributed by atoms with E-state index < -0.39 is 12.1 Å². The van der Waals surface area contributed by atoms with Crippen LogP contribution in [0.25, 0.3) is 11.0 Å². The van der Waals surface area contributed by atoms with Crippen molar-refractivity contribution in [2.75, 3.05) is 36.5 Å². The summed E-state index contributed by atoms with van der Waals surface area (Å²) in [5.74, 6) is -0.853. The predicted octanol–water partition coefficient (Wildman–Crippen LogP) is 3.69. The molecule has 7 nitrogen and oxygen atoms in total. The first kappa shape index (κ1) is 20.9. The topological polar surface area (TPSA) is 81.0 Å². The number of aryl methyl sites for hydroxylation is 1. The van der Waals surface area contributed by atoms with Gasteiger partial charge >= 0.3 is 5.97 Å². The fourth-order valence-corrected chi connectivity index (χ4v) is 3.60. The summed E-state index contributed by atoms with van der Waals surface area (Å²) in [6, 6.07) is 13.4. The number of hydrogen-bond acceptors (Lipinski definition) is 6. The van der Waals surface area contributed by atoms with E-state index in [1.54, 1.807) is 13.2 Å². The maximum Gasteiger partial charge on any atom is 0.311 e. The van der Waals surface area contributed by atoms with Crippen LogP contribution in [0.3, 0.4) is 0 Å². The standard InChI is InChI=1S/C24H26N2O5/c1-16-3-8-21-18(15-30-22(21)13-16)14-23(27)31-17(2)24(28)25-19-4-6-20(7-5-19)26-9-11-29-12-10-26/h3-8,13,15,17H,9-12,14H2,1-2H3,(H,25,28). The Hall–Kier alpha value is -3.32. The normalized spacial score (nSPS) is 15.0. The number of morpholine rings is 1. The van der Waals surface area contributed by atoms with Crippen molar-refractivity contribution in [3.63, 3.8) is 0 Å². The first-order chi connectivity index (χ1) is 15.0. The van der Waals surface area contributed by atoms with Crippen LogP contribution in [0.4, 0.5) is 11.4 Å². The molecule has 2 heterocycles. The van der Waals surface area contributed by atoms with Gasteiger partial charge in [-0.15, -0.1) is 0 Å². The molecule has 0 radical (unpaired) electrons. The fourth-order valence-electron chi connectivity index (χ4n) is 3.60. The van der Waals surface area contributed by atoms with Crippen molar-refractivity contribution in [3.8, 4) is 0 Å². The van der Waals surface area contributed by atoms with Gasteiger partial charge in [-0.2, -0.15) is 0 Å². The monoisotopic (exact) mass is 422 g/mol. The second-order valence-corrected chi connectivity index (χ2v) is 7.70. The zero-order chi connectivity index (χ0) is 21.8. The molecule has 1 aromatic heterocycles. The molecule has 3 aromatic rings. The number of fused-ring (bicyclic) bond motifs is 1. The van der Waals surface area contributed by atoms with Gasteiger partial charge in [0, 0.05) is 35.4 Å². The second-order valence-electron chi connectivity index (χ2n) is 7.70. The molecular formula is C24H26N2O5. The molecule has 0 bridgehead atoms. The van der Waals surface area contributed by atoms with Crippen LogP contribution >= 0.6 is 0 Å². The number of nitrogens with zero attached hydrogens (tertiary/aromatic N) is 1. The van der Waals surface area contributed by atoms with Crippen molar-refractivity contribution in [3.05, 3.63) is 59.9 Å². The van der Waals surface area contributed by atoms with Crippen molar-refractivity contribution < 1.29 is 23.5 Å². The number of esters is 1. The van der Waals surface area contributed by atoms with Crippen molar-refractivity contribution >= 4 is 34.2 Å². The molecule has 1 saturated heterocycles. The Morgan fingerprint density at radius 2 is 1.87 bits per heavy atom. The molecule has 0 saturated carbocycles. The third-order valence-electron chi connectivity index (χ3n) is 5.33. The van der Waals surface area contributed by atoms with Gasteiger partial charge in [0.2, 0.25) is 0 Å². The van der Waals surface area contributed by atoms with Crippen molar-refractivity contribution in [1.29, 1.82) is 0 Å². The molecule has 1 atom stereocenters. The number of benzene rings is 2. The molecular weight excluding hydrogens is 396 g/mol. The number of rotatable bonds is 6. The van der Waals surface area contributed by atoms with Gasteiger partial charge in [-0.3, -0.25) is 9.59 Å². The zero-order valence-corrected chi connectivity index (χ0v) is 17.7. The first-order valence-electron chi connectivity index (χ1n) is 10.4. The van der Waals surface area contributed by atoms with Crippen molar-refractivity contribution in [2.45, 2.75) is 26.4 Å². The van der Waals surface area contributed by atoms with Crippen LogP contribution in [-0.2, 0) is 25.5 Å². The number of nitrogens with one attached hydrogen (secondary N) is 1. The number of amides is 1. The zero-order valence-electron chi connectivity index (χ0n) is 17.7. The minimum atomic E-state index is -0.910. The molecule has 1 amide bonds. The summed E-state index contributed by atoms with van der Waals surface area (Å²) in [6.45, 7) is 6.68. The molecule has 0 spiro atoms. The Bertz CT molecular complexity index is 1070. The van der Waals surface area contributed by atoms with Crippen molar-refractivity contribution in [2.24, 2.45) is 0 Å². The van der Waals surface area contributed by atoms with Crippen LogP contribution < -0.4 is 10.2 Å². The lowest BCUT2D eigenvalue weighted by molar-refractivity contribution is -0.152. The molecule has 162 valence electrons. The summed E-state index contributed by atoms with van der Waals surface area (Å²) in [6.07, 6.45) is 0.695. The van der Waals surface area contributed by atoms with Gasteiger partial charge in [0.15, 0.2) is 6.10 Å². The van der Waals surface area contributed by atoms with Crippen LogP contribution in [0.2, 0.25) is 0 Å². The second kappa shape index (κ2) is 9.22. The smallest absolute Gasteiger partial charge is 0.311 e. The Kier molecular flexibility index (Phi) is 6.23. The molecule has 4 rings (SSSR count). The molecule has 31 heavy (non-hydrogen) atoms. The van der Waals surface area contributed by atoms with Gasteiger partial charge in [-0.1, -0.05) is 12.1 Å². The first-order valence-corrected chi connectivity index (χ1v) is 10.4. The number of anilines is 2. The molecule has 1 fully saturated rings. The van der Waals surface area contributed by atoms with Gasteiger partial charge in [-0.05, 0) is 49.7 Å². The Morgan fingerprint density at radius 3 is 2.61 bits per heavy atom. The van der Waals surface area contributed by atoms with E-state index in [0.717, 1.165) is 54.1 Å². The summed E-state index contributed by atoms with van der Waals surface area (Å²) in [7, 11) is 0. The van der Waals surface area contributed by atoms with E-state index in [1.807, 2.05) is 49.4 Å². The number of carbonyl (C=O) groups excluding carboxylic acids is 2. The molecule has 0 aliphatic carbocycles. The van der Waals surface area contributed by atoms with Gasteiger partial charge in [0.1, 0.15) is 5.58 Å². The quantitative estimate of drug-likeness (QED) is 0.610. The molecule has 1 N–H and O–H groups in total. The van der Waals surface area contributed by atoms with E-state index in [4.69, 9.17) is 13.9 Å². The maximum absolute atomic E-state index is 12.5. The molecule has 2 aromatic carbocycles. The third-order valence-corrected chi connectivity index (χ3v) is 5.33. The highest BCUT2D eigenvalue weighted by molar-refractivity contribution is 5.95. The lowest BCUT2D eigenvalue weighted by Gasteiger charge is -2.28. The number of furan rings is 1. The van der Waals surface area contributed by atoms with Gasteiger partial charge in [-0.25, -0.2) is 0 Å². The van der Waals surface area contributed by atoms with E-state index in [0.29, 0.717) is 5.69 Å². The lowest BCUT2D eigenvalue weighted by atomic mass is 10.1. The Balaban J connectivity index is 1.31. The Labute approximate surface area is 180 Å². The summed E-state index contributed by atoms with van der Waals surface area (Å²) < 4.78 is 16.2. The highest BCUT2D eigenvalue weighted by Crippen LogP contribution is 2.23. The largest absolute Gasteiger partial charge is 0.464 e. The minimum absolute atomic E-state index is 0.0436. The fraction of sp³-hybridized carbons (Fsp3) is 0.333. The van der Waals surface area contributed by atoms with Crippen molar-refractivity contribution in [1.82, 2.24) is 0 Å². The number of hydrogen-bond donors (Lipinski definition) is 1. The van der Waals surface area contributed by atoms with E-state index in [2.05, 4.69) is 10.2 Å². The minimum Gasteiger partial charge on any atom is -0.464 e. The lowest BCUT2D eigenvalue weighted by Crippen LogP contribution is -2.36. The van der Waals surface area contributed by atoms with Gasteiger partial charge < -0.3 is 24.1 Å².